The average Bonchev–Trinajstić information content (AvgIpc) is 2.46. The van der Waals surface area contributed by atoms with Gasteiger partial charge < -0.3 is 4.74 Å². The van der Waals surface area contributed by atoms with Gasteiger partial charge in [0.15, 0.2) is 0 Å². The zero-order valence-electron chi connectivity index (χ0n) is 13.5. The second-order valence-electron chi connectivity index (χ2n) is 6.36. The van der Waals surface area contributed by atoms with Crippen molar-refractivity contribution in [1.82, 2.24) is 4.90 Å². The summed E-state index contributed by atoms with van der Waals surface area (Å²) in [7, 11) is 0. The monoisotopic (exact) mass is 269 g/mol. The molecule has 114 valence electrons. The van der Waals surface area contributed by atoms with Crippen molar-refractivity contribution in [2.24, 2.45) is 0 Å². The smallest absolute Gasteiger partial charge is 0.0594 e. The fourth-order valence-corrected chi connectivity index (χ4v) is 3.21. The molecule has 1 rings (SSSR count). The zero-order valence-corrected chi connectivity index (χ0v) is 13.5. The van der Waals surface area contributed by atoms with Gasteiger partial charge in [0.25, 0.3) is 0 Å². The minimum atomic E-state index is 0.423. The van der Waals surface area contributed by atoms with Crippen LogP contribution in [-0.4, -0.2) is 36.7 Å². The first kappa shape index (κ1) is 17.0. The van der Waals surface area contributed by atoms with Crippen LogP contribution >= 0.6 is 0 Å². The molecule has 2 nitrogen and oxygen atoms in total. The van der Waals surface area contributed by atoms with Crippen LogP contribution in [0.25, 0.3) is 0 Å². The van der Waals surface area contributed by atoms with Crippen molar-refractivity contribution >= 4 is 0 Å². The van der Waals surface area contributed by atoms with E-state index in [-0.39, 0.29) is 0 Å². The number of hydrogen-bond acceptors (Lipinski definition) is 2. The van der Waals surface area contributed by atoms with Crippen molar-refractivity contribution in [1.29, 1.82) is 0 Å². The molecule has 0 aromatic heterocycles. The van der Waals surface area contributed by atoms with Crippen LogP contribution in [-0.2, 0) is 4.74 Å². The van der Waals surface area contributed by atoms with Crippen molar-refractivity contribution < 1.29 is 4.74 Å². The highest BCUT2D eigenvalue weighted by Crippen LogP contribution is 2.29. The standard InChI is InChI=1S/C17H35NO/c1-4-6-8-9-10-12-17(3,11-7-5-2)18-13-15-19-16-14-18/h4-16H2,1-3H3. The quantitative estimate of drug-likeness (QED) is 0.536. The second kappa shape index (κ2) is 9.77. The summed E-state index contributed by atoms with van der Waals surface area (Å²) in [4.78, 5) is 2.70. The number of morpholine rings is 1. The van der Waals surface area contributed by atoms with Gasteiger partial charge in [-0.3, -0.25) is 4.90 Å². The van der Waals surface area contributed by atoms with E-state index in [1.54, 1.807) is 0 Å². The summed E-state index contributed by atoms with van der Waals surface area (Å²) in [5, 5.41) is 0. The van der Waals surface area contributed by atoms with Gasteiger partial charge in [0.2, 0.25) is 0 Å². The van der Waals surface area contributed by atoms with Gasteiger partial charge in [-0.1, -0.05) is 58.8 Å². The fourth-order valence-electron chi connectivity index (χ4n) is 3.21. The van der Waals surface area contributed by atoms with Crippen LogP contribution in [0.15, 0.2) is 0 Å². The van der Waals surface area contributed by atoms with Crippen molar-refractivity contribution in [3.8, 4) is 0 Å². The molecule has 2 heteroatoms. The highest BCUT2D eigenvalue weighted by atomic mass is 16.5. The lowest BCUT2D eigenvalue weighted by Gasteiger charge is -2.44. The molecule has 1 aliphatic heterocycles. The molecule has 0 bridgehead atoms. The molecule has 1 saturated heterocycles. The minimum absolute atomic E-state index is 0.423. The number of rotatable bonds is 10. The molecule has 1 fully saturated rings. The maximum absolute atomic E-state index is 5.52. The maximum atomic E-state index is 5.52. The molecule has 0 aromatic rings. The summed E-state index contributed by atoms with van der Waals surface area (Å²) in [6.07, 6.45) is 12.4. The summed E-state index contributed by atoms with van der Waals surface area (Å²) in [6, 6.07) is 0. The van der Waals surface area contributed by atoms with Gasteiger partial charge in [-0.2, -0.15) is 0 Å². The zero-order chi connectivity index (χ0) is 14.0. The molecule has 0 spiro atoms. The average molecular weight is 269 g/mol. The Labute approximate surface area is 120 Å². The number of unbranched alkanes of at least 4 members (excludes halogenated alkanes) is 5. The van der Waals surface area contributed by atoms with E-state index in [9.17, 15) is 0 Å². The van der Waals surface area contributed by atoms with Gasteiger partial charge in [-0.25, -0.2) is 0 Å². The van der Waals surface area contributed by atoms with Gasteiger partial charge in [-0.15, -0.1) is 0 Å². The van der Waals surface area contributed by atoms with Crippen LogP contribution in [0, 0.1) is 0 Å². The van der Waals surface area contributed by atoms with E-state index in [0.717, 1.165) is 26.3 Å². The Bertz CT molecular complexity index is 213. The van der Waals surface area contributed by atoms with E-state index < -0.39 is 0 Å². The molecule has 0 saturated carbocycles. The van der Waals surface area contributed by atoms with Crippen molar-refractivity contribution in [2.75, 3.05) is 26.3 Å². The molecule has 0 aromatic carbocycles. The van der Waals surface area contributed by atoms with Crippen molar-refractivity contribution in [2.45, 2.75) is 84.1 Å². The Morgan fingerprint density at radius 1 is 0.842 bits per heavy atom. The van der Waals surface area contributed by atoms with E-state index >= 15 is 0 Å². The van der Waals surface area contributed by atoms with E-state index in [1.165, 1.54) is 57.8 Å². The molecular formula is C17H35NO. The molecular weight excluding hydrogens is 234 g/mol. The van der Waals surface area contributed by atoms with Crippen LogP contribution in [0.3, 0.4) is 0 Å². The third-order valence-electron chi connectivity index (χ3n) is 4.66. The third-order valence-corrected chi connectivity index (χ3v) is 4.66. The van der Waals surface area contributed by atoms with Gasteiger partial charge in [0, 0.05) is 18.6 Å². The maximum Gasteiger partial charge on any atom is 0.0594 e. The molecule has 0 N–H and O–H groups in total. The first-order valence-corrected chi connectivity index (χ1v) is 8.55. The van der Waals surface area contributed by atoms with Crippen molar-refractivity contribution in [3.05, 3.63) is 0 Å². The molecule has 1 atom stereocenters. The lowest BCUT2D eigenvalue weighted by atomic mass is 9.86. The van der Waals surface area contributed by atoms with Crippen LogP contribution in [0.5, 0.6) is 0 Å². The Hall–Kier alpha value is -0.0800. The molecule has 19 heavy (non-hydrogen) atoms. The molecule has 0 aliphatic carbocycles. The normalized spacial score (nSPS) is 20.4. The van der Waals surface area contributed by atoms with Crippen LogP contribution < -0.4 is 0 Å². The molecule has 1 aliphatic rings. The predicted octanol–water partition coefficient (Wildman–Crippen LogP) is 4.63. The summed E-state index contributed by atoms with van der Waals surface area (Å²) in [5.41, 5.74) is 0.423. The first-order valence-electron chi connectivity index (χ1n) is 8.55. The first-order chi connectivity index (χ1) is 9.23. The molecule has 1 unspecified atom stereocenters. The van der Waals surface area contributed by atoms with Gasteiger partial charge in [-0.05, 0) is 19.8 Å². The molecule has 0 amide bonds. The summed E-state index contributed by atoms with van der Waals surface area (Å²) >= 11 is 0. The van der Waals surface area contributed by atoms with Gasteiger partial charge >= 0.3 is 0 Å². The summed E-state index contributed by atoms with van der Waals surface area (Å²) in [6.45, 7) is 11.2. The molecule has 0 radical (unpaired) electrons. The summed E-state index contributed by atoms with van der Waals surface area (Å²) in [5.74, 6) is 0. The lowest BCUT2D eigenvalue weighted by Crippen LogP contribution is -2.51. The van der Waals surface area contributed by atoms with Gasteiger partial charge in [0.1, 0.15) is 0 Å². The van der Waals surface area contributed by atoms with E-state index in [0.29, 0.717) is 5.54 Å². The topological polar surface area (TPSA) is 12.5 Å². The van der Waals surface area contributed by atoms with E-state index in [4.69, 9.17) is 4.74 Å². The highest BCUT2D eigenvalue weighted by molar-refractivity contribution is 4.87. The predicted molar refractivity (Wildman–Crippen MR) is 83.7 cm³/mol. The Morgan fingerprint density at radius 3 is 2.05 bits per heavy atom. The van der Waals surface area contributed by atoms with Gasteiger partial charge in [0.05, 0.1) is 13.2 Å². The number of hydrogen-bond donors (Lipinski definition) is 0. The summed E-state index contributed by atoms with van der Waals surface area (Å²) < 4.78 is 5.52. The fraction of sp³-hybridized carbons (Fsp3) is 1.00. The SMILES string of the molecule is CCCCCCCC(C)(CCCC)N1CCOCC1. The lowest BCUT2D eigenvalue weighted by molar-refractivity contribution is -0.0241. The number of nitrogens with zero attached hydrogens (tertiary/aromatic N) is 1. The largest absolute Gasteiger partial charge is 0.379 e. The van der Waals surface area contributed by atoms with Crippen molar-refractivity contribution in [3.63, 3.8) is 0 Å². The van der Waals surface area contributed by atoms with E-state index in [1.807, 2.05) is 0 Å². The highest BCUT2D eigenvalue weighted by Gasteiger charge is 2.31. The Balaban J connectivity index is 2.39. The Morgan fingerprint density at radius 2 is 1.42 bits per heavy atom. The van der Waals surface area contributed by atoms with Crippen LogP contribution in [0.1, 0.15) is 78.6 Å². The van der Waals surface area contributed by atoms with E-state index in [2.05, 4.69) is 25.7 Å². The molecule has 1 heterocycles. The minimum Gasteiger partial charge on any atom is -0.379 e. The Kier molecular flexibility index (Phi) is 8.72. The van der Waals surface area contributed by atoms with Crippen LogP contribution in [0.2, 0.25) is 0 Å². The second-order valence-corrected chi connectivity index (χ2v) is 6.36. The third kappa shape index (κ3) is 6.27. The number of ether oxygens (including phenoxy) is 1. The van der Waals surface area contributed by atoms with Crippen LogP contribution in [0.4, 0.5) is 0 Å².